The van der Waals surface area contributed by atoms with Crippen molar-refractivity contribution in [1.82, 2.24) is 10.3 Å². The molecule has 3 amide bonds. The van der Waals surface area contributed by atoms with Crippen molar-refractivity contribution in [3.05, 3.63) is 76.9 Å². The lowest BCUT2D eigenvalue weighted by atomic mass is 10.00. The van der Waals surface area contributed by atoms with Crippen molar-refractivity contribution in [3.63, 3.8) is 0 Å². The second-order valence-corrected chi connectivity index (χ2v) is 7.88. The molecule has 6 nitrogen and oxygen atoms in total. The van der Waals surface area contributed by atoms with Crippen LogP contribution in [0, 0.1) is 11.6 Å². The van der Waals surface area contributed by atoms with Gasteiger partial charge in [-0.25, -0.2) is 13.8 Å². The first-order valence-corrected chi connectivity index (χ1v) is 10.3. The Hall–Kier alpha value is -3.65. The van der Waals surface area contributed by atoms with E-state index in [0.29, 0.717) is 29.6 Å². The molecular formula is C24H19F2N3O3. The summed E-state index contributed by atoms with van der Waals surface area (Å²) in [5, 5.41) is 6.72. The zero-order valence-electron chi connectivity index (χ0n) is 17.0. The van der Waals surface area contributed by atoms with Crippen molar-refractivity contribution < 1.29 is 23.2 Å². The summed E-state index contributed by atoms with van der Waals surface area (Å²) < 4.78 is 27.3. The Morgan fingerprint density at radius 3 is 2.38 bits per heavy atom. The number of anilines is 1. The standard InChI is InChI=1S/C24H19F2N3O3/c25-16-8-10-19(26)15(11-16)13-27-12-14-7-9-18-23-17(14)3-1-4-20(23)28(24(18)32)29-21(30)5-2-6-22(29)31/h1,3-4,7-11,27H,2,5-6,12-13H2. The van der Waals surface area contributed by atoms with Gasteiger partial charge in [0.15, 0.2) is 0 Å². The van der Waals surface area contributed by atoms with Crippen LogP contribution in [0.25, 0.3) is 10.8 Å². The third kappa shape index (κ3) is 3.23. The Labute approximate surface area is 182 Å². The topological polar surface area (TPSA) is 69.7 Å². The van der Waals surface area contributed by atoms with Gasteiger partial charge in [-0.3, -0.25) is 14.4 Å². The van der Waals surface area contributed by atoms with E-state index in [4.69, 9.17) is 0 Å². The predicted molar refractivity (Wildman–Crippen MR) is 113 cm³/mol. The third-order valence-electron chi connectivity index (χ3n) is 5.85. The molecule has 3 aromatic carbocycles. The molecule has 3 aromatic rings. The molecule has 2 aliphatic heterocycles. The van der Waals surface area contributed by atoms with Gasteiger partial charge in [-0.15, -0.1) is 0 Å². The molecular weight excluding hydrogens is 416 g/mol. The van der Waals surface area contributed by atoms with Crippen LogP contribution in [0.1, 0.15) is 40.7 Å². The zero-order valence-corrected chi connectivity index (χ0v) is 17.0. The number of benzene rings is 3. The predicted octanol–water partition coefficient (Wildman–Crippen LogP) is 3.82. The van der Waals surface area contributed by atoms with E-state index in [1.807, 2.05) is 6.07 Å². The summed E-state index contributed by atoms with van der Waals surface area (Å²) in [5.41, 5.74) is 1.98. The number of halogens is 2. The summed E-state index contributed by atoms with van der Waals surface area (Å²) in [6.45, 7) is 0.486. The van der Waals surface area contributed by atoms with Crippen LogP contribution in [0.15, 0.2) is 48.5 Å². The van der Waals surface area contributed by atoms with E-state index in [2.05, 4.69) is 5.32 Å². The molecule has 1 fully saturated rings. The molecule has 0 unspecified atom stereocenters. The largest absolute Gasteiger partial charge is 0.308 e. The van der Waals surface area contributed by atoms with E-state index >= 15 is 0 Å². The van der Waals surface area contributed by atoms with Gasteiger partial charge < -0.3 is 5.32 Å². The number of hydrazine groups is 1. The number of carbonyl (C=O) groups is 3. The summed E-state index contributed by atoms with van der Waals surface area (Å²) in [5.74, 6) is -2.19. The fraction of sp³-hybridized carbons (Fsp3) is 0.208. The summed E-state index contributed by atoms with van der Waals surface area (Å²) in [6, 6.07) is 12.1. The van der Waals surface area contributed by atoms with Crippen LogP contribution in [-0.4, -0.2) is 22.7 Å². The van der Waals surface area contributed by atoms with Gasteiger partial charge in [-0.2, -0.15) is 5.01 Å². The molecule has 2 heterocycles. The fourth-order valence-electron chi connectivity index (χ4n) is 4.35. The van der Waals surface area contributed by atoms with Crippen LogP contribution in [0.5, 0.6) is 0 Å². The van der Waals surface area contributed by atoms with Gasteiger partial charge in [0.2, 0.25) is 11.8 Å². The van der Waals surface area contributed by atoms with Crippen LogP contribution in [0.2, 0.25) is 0 Å². The molecule has 5 rings (SSSR count). The van der Waals surface area contributed by atoms with E-state index in [9.17, 15) is 23.2 Å². The second-order valence-electron chi connectivity index (χ2n) is 7.88. The molecule has 0 atom stereocenters. The maximum Gasteiger partial charge on any atom is 0.278 e. The van der Waals surface area contributed by atoms with E-state index in [-0.39, 0.29) is 24.9 Å². The van der Waals surface area contributed by atoms with Crippen LogP contribution in [0.3, 0.4) is 0 Å². The molecule has 0 radical (unpaired) electrons. The monoisotopic (exact) mass is 435 g/mol. The Kier molecular flexibility index (Phi) is 4.94. The molecule has 1 N–H and O–H groups in total. The first kappa shape index (κ1) is 20.3. The van der Waals surface area contributed by atoms with Crippen molar-refractivity contribution in [1.29, 1.82) is 0 Å². The lowest BCUT2D eigenvalue weighted by molar-refractivity contribution is -0.148. The van der Waals surface area contributed by atoms with Crippen molar-refractivity contribution in [2.75, 3.05) is 5.01 Å². The lowest BCUT2D eigenvalue weighted by Gasteiger charge is -2.32. The molecule has 2 aliphatic rings. The molecule has 0 aliphatic carbocycles. The van der Waals surface area contributed by atoms with E-state index in [1.165, 1.54) is 5.01 Å². The first-order chi connectivity index (χ1) is 15.5. The number of nitrogens with one attached hydrogen (secondary N) is 1. The molecule has 8 heteroatoms. The first-order valence-electron chi connectivity index (χ1n) is 10.3. The average Bonchev–Trinajstić information content (AvgIpc) is 3.05. The minimum absolute atomic E-state index is 0.133. The van der Waals surface area contributed by atoms with Gasteiger partial charge in [0, 0.05) is 36.9 Å². The minimum atomic E-state index is -0.506. The molecule has 162 valence electrons. The Bertz CT molecular complexity index is 1270. The van der Waals surface area contributed by atoms with Gasteiger partial charge in [0.1, 0.15) is 11.6 Å². The number of imide groups is 1. The van der Waals surface area contributed by atoms with Crippen molar-refractivity contribution in [3.8, 4) is 0 Å². The van der Waals surface area contributed by atoms with Crippen LogP contribution < -0.4 is 10.3 Å². The lowest BCUT2D eigenvalue weighted by Crippen LogP contribution is -2.53. The molecule has 32 heavy (non-hydrogen) atoms. The van der Waals surface area contributed by atoms with Gasteiger partial charge in [0.05, 0.1) is 11.3 Å². The van der Waals surface area contributed by atoms with Gasteiger partial charge in [0.25, 0.3) is 5.91 Å². The van der Waals surface area contributed by atoms with Crippen molar-refractivity contribution >= 4 is 34.2 Å². The van der Waals surface area contributed by atoms with E-state index in [0.717, 1.165) is 34.2 Å². The number of piperidine rings is 1. The van der Waals surface area contributed by atoms with E-state index in [1.54, 1.807) is 24.3 Å². The van der Waals surface area contributed by atoms with Crippen LogP contribution >= 0.6 is 0 Å². The highest BCUT2D eigenvalue weighted by molar-refractivity contribution is 6.27. The smallest absolute Gasteiger partial charge is 0.278 e. The van der Waals surface area contributed by atoms with Crippen LogP contribution in [0.4, 0.5) is 14.5 Å². The highest BCUT2D eigenvalue weighted by atomic mass is 19.1. The van der Waals surface area contributed by atoms with Crippen molar-refractivity contribution in [2.24, 2.45) is 0 Å². The normalized spacial score (nSPS) is 15.9. The van der Waals surface area contributed by atoms with Crippen LogP contribution in [-0.2, 0) is 22.7 Å². The third-order valence-corrected chi connectivity index (χ3v) is 5.85. The number of hydrogen-bond acceptors (Lipinski definition) is 4. The average molecular weight is 435 g/mol. The molecule has 1 saturated heterocycles. The summed E-state index contributed by atoms with van der Waals surface area (Å²) >= 11 is 0. The molecule has 0 bridgehead atoms. The number of amides is 3. The highest BCUT2D eigenvalue weighted by Gasteiger charge is 2.41. The second kappa shape index (κ2) is 7.80. The quantitative estimate of drug-likeness (QED) is 0.619. The zero-order chi connectivity index (χ0) is 22.4. The summed E-state index contributed by atoms with van der Waals surface area (Å²) in [4.78, 5) is 38.0. The minimum Gasteiger partial charge on any atom is -0.308 e. The summed E-state index contributed by atoms with van der Waals surface area (Å²) in [6.07, 6.45) is 0.913. The van der Waals surface area contributed by atoms with Gasteiger partial charge in [-0.05, 0) is 47.7 Å². The number of hydrogen-bond donors (Lipinski definition) is 1. The maximum absolute atomic E-state index is 13.9. The van der Waals surface area contributed by atoms with Crippen molar-refractivity contribution in [2.45, 2.75) is 32.4 Å². The number of rotatable bonds is 5. The molecule has 0 aromatic heterocycles. The maximum atomic E-state index is 13.9. The van der Waals surface area contributed by atoms with E-state index < -0.39 is 29.4 Å². The van der Waals surface area contributed by atoms with Gasteiger partial charge in [-0.1, -0.05) is 18.2 Å². The summed E-state index contributed by atoms with van der Waals surface area (Å²) in [7, 11) is 0. The van der Waals surface area contributed by atoms with Gasteiger partial charge >= 0.3 is 0 Å². The SMILES string of the molecule is O=C1CCCC(=O)N1N1C(=O)c2ccc(CNCc3cc(F)ccc3F)c3cccc1c23. The number of nitrogens with zero attached hydrogens (tertiary/aromatic N) is 2. The number of carbonyl (C=O) groups excluding carboxylic acids is 3. The fourth-order valence-corrected chi connectivity index (χ4v) is 4.35. The Morgan fingerprint density at radius 2 is 1.59 bits per heavy atom. The molecule has 0 spiro atoms. The Morgan fingerprint density at radius 1 is 0.844 bits per heavy atom. The molecule has 0 saturated carbocycles. The highest BCUT2D eigenvalue weighted by Crippen LogP contribution is 2.40. The Balaban J connectivity index is 1.46.